The van der Waals surface area contributed by atoms with E-state index in [0.29, 0.717) is 10.0 Å². The number of phenols is 1. The smallest absolute Gasteiger partial charge is 1.00 e. The van der Waals surface area contributed by atoms with Crippen molar-refractivity contribution in [1.82, 2.24) is 0 Å². The summed E-state index contributed by atoms with van der Waals surface area (Å²) in [5, 5.41) is 9.69. The van der Waals surface area contributed by atoms with E-state index in [-0.39, 0.29) is 36.7 Å². The molecule has 0 saturated carbocycles. The van der Waals surface area contributed by atoms with E-state index in [1.807, 2.05) is 0 Å². The maximum atomic E-state index is 8.88. The number of hydrogen-bond donors (Lipinski definition) is 1. The minimum Gasteiger partial charge on any atom is -1.00 e. The van der Waals surface area contributed by atoms with Gasteiger partial charge in [-0.25, -0.2) is 0 Å². The van der Waals surface area contributed by atoms with Crippen molar-refractivity contribution in [3.63, 3.8) is 0 Å². The second-order valence-electron chi connectivity index (χ2n) is 1.60. The van der Waals surface area contributed by atoms with Gasteiger partial charge in [-0.05, 0) is 12.1 Å². The Morgan fingerprint density at radius 1 is 1.30 bits per heavy atom. The summed E-state index contributed by atoms with van der Waals surface area (Å²) in [7, 11) is 0. The summed E-state index contributed by atoms with van der Waals surface area (Å²) in [5.74, 6) is 0.0177. The molecule has 0 aliphatic heterocycles. The topological polar surface area (TPSA) is 20.2 Å². The summed E-state index contributed by atoms with van der Waals surface area (Å²) in [6.45, 7) is 0. The molecule has 0 bridgehead atoms. The maximum Gasteiger partial charge on any atom is 1.00 e. The number of phenolic OH excluding ortho intramolecular Hbond substituents is 1. The quantitative estimate of drug-likeness (QED) is 0.558. The van der Waals surface area contributed by atoms with Crippen molar-refractivity contribution in [2.24, 2.45) is 0 Å². The second kappa shape index (κ2) is 4.47. The fourth-order valence-corrected chi connectivity index (χ4v) is 0.770. The van der Waals surface area contributed by atoms with Gasteiger partial charge in [0.05, 0.1) is 5.02 Å². The van der Waals surface area contributed by atoms with E-state index in [9.17, 15) is 0 Å². The summed E-state index contributed by atoms with van der Waals surface area (Å²) in [6, 6.07) is 4.55. The van der Waals surface area contributed by atoms with Crippen LogP contribution >= 0.6 is 23.2 Å². The minimum atomic E-state index is 0. The van der Waals surface area contributed by atoms with Gasteiger partial charge in [-0.3, -0.25) is 0 Å². The summed E-state index contributed by atoms with van der Waals surface area (Å²) >= 11 is 11.0. The average Bonchev–Trinajstić information content (AvgIpc) is 1.80. The predicted octanol–water partition coefficient (Wildman–Crippen LogP) is -0.185. The Kier molecular flexibility index (Phi) is 4.74. The molecule has 0 atom stereocenters. The van der Waals surface area contributed by atoms with Crippen LogP contribution in [-0.4, -0.2) is 5.11 Å². The standard InChI is InChI=1S/C6H4Cl2O.Na.H/c7-4-1-2-5(8)6(9)3-4;;/h1-3,9H;;/q;+1;-1. The van der Waals surface area contributed by atoms with Gasteiger partial charge in [0.2, 0.25) is 0 Å². The van der Waals surface area contributed by atoms with E-state index >= 15 is 0 Å². The summed E-state index contributed by atoms with van der Waals surface area (Å²) in [5.41, 5.74) is 0. The van der Waals surface area contributed by atoms with Crippen LogP contribution in [0.1, 0.15) is 1.43 Å². The van der Waals surface area contributed by atoms with Crippen molar-refractivity contribution in [3.05, 3.63) is 28.2 Å². The summed E-state index contributed by atoms with van der Waals surface area (Å²) in [4.78, 5) is 0. The first kappa shape index (κ1) is 10.6. The van der Waals surface area contributed by atoms with Gasteiger partial charge in [0.25, 0.3) is 0 Å². The fraction of sp³-hybridized carbons (Fsp3) is 0. The number of benzene rings is 1. The van der Waals surface area contributed by atoms with E-state index in [1.54, 1.807) is 12.1 Å². The predicted molar refractivity (Wildman–Crippen MR) is 39.2 cm³/mol. The molecule has 0 aliphatic rings. The van der Waals surface area contributed by atoms with Gasteiger partial charge in [-0.15, -0.1) is 0 Å². The molecule has 0 amide bonds. The van der Waals surface area contributed by atoms with Crippen LogP contribution < -0.4 is 29.6 Å². The number of aromatic hydroxyl groups is 1. The molecule has 10 heavy (non-hydrogen) atoms. The van der Waals surface area contributed by atoms with Crippen molar-refractivity contribution < 1.29 is 36.1 Å². The first-order valence-electron chi connectivity index (χ1n) is 2.34. The first-order chi connectivity index (χ1) is 4.20. The van der Waals surface area contributed by atoms with Crippen LogP contribution in [0, 0.1) is 0 Å². The van der Waals surface area contributed by atoms with E-state index in [0.717, 1.165) is 0 Å². The van der Waals surface area contributed by atoms with Crippen LogP contribution in [0.25, 0.3) is 0 Å². The van der Waals surface area contributed by atoms with Crippen molar-refractivity contribution >= 4 is 23.2 Å². The number of rotatable bonds is 0. The van der Waals surface area contributed by atoms with E-state index in [4.69, 9.17) is 28.3 Å². The molecule has 0 radical (unpaired) electrons. The van der Waals surface area contributed by atoms with Gasteiger partial charge in [0.1, 0.15) is 5.75 Å². The van der Waals surface area contributed by atoms with Crippen molar-refractivity contribution in [2.45, 2.75) is 0 Å². The Labute approximate surface area is 92.7 Å². The molecule has 1 aromatic carbocycles. The van der Waals surface area contributed by atoms with Crippen molar-refractivity contribution in [3.8, 4) is 5.75 Å². The Morgan fingerprint density at radius 2 is 1.90 bits per heavy atom. The molecule has 1 aromatic rings. The van der Waals surface area contributed by atoms with Gasteiger partial charge in [0, 0.05) is 11.1 Å². The monoisotopic (exact) mass is 186 g/mol. The van der Waals surface area contributed by atoms with Gasteiger partial charge in [-0.1, -0.05) is 23.2 Å². The van der Waals surface area contributed by atoms with E-state index in [1.165, 1.54) is 6.07 Å². The molecule has 1 N–H and O–H groups in total. The number of hydrogen-bond acceptors (Lipinski definition) is 1. The van der Waals surface area contributed by atoms with Crippen molar-refractivity contribution in [1.29, 1.82) is 0 Å². The molecular weight excluding hydrogens is 182 g/mol. The Morgan fingerprint density at radius 3 is 2.30 bits per heavy atom. The molecule has 1 nitrogen and oxygen atoms in total. The molecule has 1 rings (SSSR count). The zero-order chi connectivity index (χ0) is 6.85. The van der Waals surface area contributed by atoms with Crippen molar-refractivity contribution in [2.75, 3.05) is 0 Å². The first-order valence-corrected chi connectivity index (χ1v) is 3.10. The van der Waals surface area contributed by atoms with Gasteiger partial charge >= 0.3 is 29.6 Å². The molecule has 0 unspecified atom stereocenters. The van der Waals surface area contributed by atoms with E-state index in [2.05, 4.69) is 0 Å². The molecule has 0 aromatic heterocycles. The Bertz CT molecular complexity index is 232. The molecule has 0 heterocycles. The van der Waals surface area contributed by atoms with Crippen LogP contribution in [0.2, 0.25) is 10.0 Å². The fourth-order valence-electron chi connectivity index (χ4n) is 0.486. The molecule has 4 heteroatoms. The van der Waals surface area contributed by atoms with E-state index < -0.39 is 0 Å². The maximum absolute atomic E-state index is 8.88. The zero-order valence-electron chi connectivity index (χ0n) is 6.44. The normalized spacial score (nSPS) is 8.60. The minimum absolute atomic E-state index is 0. The third kappa shape index (κ3) is 2.69. The SMILES string of the molecule is Oc1cc(Cl)ccc1Cl.[H-].[Na+]. The molecule has 50 valence electrons. The third-order valence-corrected chi connectivity index (χ3v) is 1.46. The largest absolute Gasteiger partial charge is 1.00 e. The molecule has 0 fully saturated rings. The van der Waals surface area contributed by atoms with Gasteiger partial charge in [-0.2, -0.15) is 0 Å². The Balaban J connectivity index is 0. The van der Waals surface area contributed by atoms with Crippen LogP contribution in [0.3, 0.4) is 0 Å². The van der Waals surface area contributed by atoms with Crippen LogP contribution in [0.4, 0.5) is 0 Å². The van der Waals surface area contributed by atoms with Crippen LogP contribution in [0.15, 0.2) is 18.2 Å². The summed E-state index contributed by atoms with van der Waals surface area (Å²) < 4.78 is 0. The average molecular weight is 187 g/mol. The number of halogens is 2. The van der Waals surface area contributed by atoms with Crippen LogP contribution in [0.5, 0.6) is 5.75 Å². The second-order valence-corrected chi connectivity index (χ2v) is 2.44. The molecular formula is C6H5Cl2NaO. The molecule has 0 spiro atoms. The Hall–Kier alpha value is 0.600. The van der Waals surface area contributed by atoms with Gasteiger partial charge < -0.3 is 6.53 Å². The molecule has 0 saturated heterocycles. The van der Waals surface area contributed by atoms with Gasteiger partial charge in [0.15, 0.2) is 0 Å². The zero-order valence-corrected chi connectivity index (χ0v) is 8.95. The molecule has 0 aliphatic carbocycles. The summed E-state index contributed by atoms with van der Waals surface area (Å²) in [6.07, 6.45) is 0. The van der Waals surface area contributed by atoms with Crippen LogP contribution in [-0.2, 0) is 0 Å². The third-order valence-electron chi connectivity index (χ3n) is 0.908.